The van der Waals surface area contributed by atoms with Crippen molar-refractivity contribution in [3.05, 3.63) is 58.6 Å². The first kappa shape index (κ1) is 13.5. The predicted octanol–water partition coefficient (Wildman–Crippen LogP) is 7.46. The van der Waals surface area contributed by atoms with Crippen LogP contribution in [0.5, 0.6) is 0 Å². The first-order valence-corrected chi connectivity index (χ1v) is 10.3. The Morgan fingerprint density at radius 3 is 2.66 bits per heavy atom. The van der Waals surface area contributed by atoms with E-state index in [4.69, 9.17) is 16.3 Å². The monoisotopic (exact) mass is 405 g/mol. The molecule has 0 spiro atoms. The Labute approximate surface area is 181 Å². The van der Waals surface area contributed by atoms with Gasteiger partial charge in [0.2, 0.25) is 5.71 Å². The standard InChI is InChI=1S/C25H24N2OS/c1-14-9-10-17-16-7-6-8-19(22(16)28-23(17)26-14)21-12-11-18-20(13-25(3,4)5)15(2)29-24(18)27-21/h6-12H,13H2,1-5H3/i1D3,13D2. The number of aromatic nitrogens is 2. The zero-order valence-corrected chi connectivity index (χ0v) is 17.6. The number of pyridine rings is 2. The van der Waals surface area contributed by atoms with E-state index in [2.05, 4.69) is 4.98 Å². The molecule has 4 aromatic heterocycles. The summed E-state index contributed by atoms with van der Waals surface area (Å²) in [6, 6.07) is 12.8. The van der Waals surface area contributed by atoms with Gasteiger partial charge in [-0.25, -0.2) is 9.97 Å². The van der Waals surface area contributed by atoms with E-state index in [0.29, 0.717) is 16.8 Å². The number of hydrogen-bond donors (Lipinski definition) is 0. The molecule has 0 aliphatic heterocycles. The van der Waals surface area contributed by atoms with Crippen molar-refractivity contribution in [3.8, 4) is 11.3 Å². The number of nitrogens with zero attached hydrogens (tertiary/aromatic N) is 2. The van der Waals surface area contributed by atoms with Crippen molar-refractivity contribution in [3.63, 3.8) is 0 Å². The van der Waals surface area contributed by atoms with Gasteiger partial charge in [-0.05, 0) is 61.5 Å². The maximum atomic E-state index is 8.79. The second kappa shape index (κ2) is 6.39. The van der Waals surface area contributed by atoms with Gasteiger partial charge in [0.15, 0.2) is 0 Å². The van der Waals surface area contributed by atoms with Gasteiger partial charge >= 0.3 is 0 Å². The molecule has 0 bridgehead atoms. The second-order valence-corrected chi connectivity index (χ2v) is 9.49. The van der Waals surface area contributed by atoms with Crippen LogP contribution in [0.3, 0.4) is 0 Å². The van der Waals surface area contributed by atoms with Crippen LogP contribution in [0.4, 0.5) is 0 Å². The van der Waals surface area contributed by atoms with Crippen LogP contribution < -0.4 is 0 Å². The minimum Gasteiger partial charge on any atom is -0.437 e. The Bertz CT molecular complexity index is 1570. The largest absolute Gasteiger partial charge is 0.437 e. The molecule has 4 heteroatoms. The maximum absolute atomic E-state index is 8.79. The highest BCUT2D eigenvalue weighted by molar-refractivity contribution is 7.18. The molecular formula is C25H24N2OS. The molecule has 146 valence electrons. The average molecular weight is 406 g/mol. The average Bonchev–Trinajstić information content (AvgIpc) is 3.27. The van der Waals surface area contributed by atoms with Crippen molar-refractivity contribution < 1.29 is 11.3 Å². The summed E-state index contributed by atoms with van der Waals surface area (Å²) < 4.78 is 46.5. The van der Waals surface area contributed by atoms with E-state index in [0.717, 1.165) is 31.4 Å². The number of benzene rings is 1. The molecule has 1 aromatic carbocycles. The van der Waals surface area contributed by atoms with Crippen molar-refractivity contribution in [2.75, 3.05) is 0 Å². The topological polar surface area (TPSA) is 38.9 Å². The first-order valence-electron chi connectivity index (χ1n) is 12.0. The van der Waals surface area contributed by atoms with E-state index in [1.54, 1.807) is 6.07 Å². The van der Waals surface area contributed by atoms with Crippen LogP contribution in [-0.2, 0) is 6.37 Å². The lowest BCUT2D eigenvalue weighted by Crippen LogP contribution is -2.09. The van der Waals surface area contributed by atoms with Crippen LogP contribution >= 0.6 is 11.3 Å². The summed E-state index contributed by atoms with van der Waals surface area (Å²) in [6.45, 7) is 5.36. The molecule has 0 aliphatic rings. The first-order chi connectivity index (χ1) is 15.8. The minimum absolute atomic E-state index is 0.00476. The molecule has 0 amide bonds. The highest BCUT2D eigenvalue weighted by Gasteiger charge is 2.19. The summed E-state index contributed by atoms with van der Waals surface area (Å²) in [7, 11) is 0. The number of thiophene rings is 1. The molecular weight excluding hydrogens is 376 g/mol. The molecule has 3 nitrogen and oxygen atoms in total. The zero-order chi connectivity index (χ0) is 24.6. The predicted molar refractivity (Wildman–Crippen MR) is 123 cm³/mol. The highest BCUT2D eigenvalue weighted by atomic mass is 32.1. The molecule has 0 saturated heterocycles. The number of fused-ring (bicyclic) bond motifs is 4. The van der Waals surface area contributed by atoms with E-state index < -0.39 is 18.6 Å². The minimum atomic E-state index is -2.31. The third-order valence-corrected chi connectivity index (χ3v) is 5.89. The van der Waals surface area contributed by atoms with Crippen molar-refractivity contribution in [2.24, 2.45) is 5.41 Å². The fraction of sp³-hybridized carbons (Fsp3) is 0.280. The van der Waals surface area contributed by atoms with Gasteiger partial charge in [-0.1, -0.05) is 32.9 Å². The number of para-hydroxylation sites is 1. The Morgan fingerprint density at radius 1 is 1.03 bits per heavy atom. The molecule has 0 saturated carbocycles. The molecule has 29 heavy (non-hydrogen) atoms. The van der Waals surface area contributed by atoms with E-state index in [1.807, 2.05) is 58.0 Å². The molecule has 0 atom stereocenters. The van der Waals surface area contributed by atoms with Crippen molar-refractivity contribution >= 4 is 43.6 Å². The lowest BCUT2D eigenvalue weighted by molar-refractivity contribution is 0.412. The third kappa shape index (κ3) is 3.12. The van der Waals surface area contributed by atoms with Crippen molar-refractivity contribution in [1.82, 2.24) is 9.97 Å². The molecule has 5 aromatic rings. The van der Waals surface area contributed by atoms with Crippen LogP contribution in [0, 0.1) is 19.2 Å². The molecule has 0 unspecified atom stereocenters. The summed E-state index contributed by atoms with van der Waals surface area (Å²) in [5.74, 6) is 0. The number of furan rings is 1. The Morgan fingerprint density at radius 2 is 1.86 bits per heavy atom. The van der Waals surface area contributed by atoms with Gasteiger partial charge in [0, 0.05) is 39.1 Å². The van der Waals surface area contributed by atoms with E-state index in [9.17, 15) is 0 Å². The lowest BCUT2D eigenvalue weighted by atomic mass is 9.87. The molecule has 0 radical (unpaired) electrons. The van der Waals surface area contributed by atoms with Crippen LogP contribution in [0.15, 0.2) is 46.9 Å². The summed E-state index contributed by atoms with van der Waals surface area (Å²) in [6.07, 6.45) is -1.51. The van der Waals surface area contributed by atoms with Crippen LogP contribution in [0.1, 0.15) is 43.8 Å². The van der Waals surface area contributed by atoms with Crippen LogP contribution in [0.2, 0.25) is 0 Å². The Balaban J connectivity index is 1.69. The number of aryl methyl sites for hydroxylation is 2. The van der Waals surface area contributed by atoms with E-state index in [-0.39, 0.29) is 11.4 Å². The van der Waals surface area contributed by atoms with Gasteiger partial charge in [-0.3, -0.25) is 0 Å². The Kier molecular flexibility index (Phi) is 2.97. The SMILES string of the molecule is [2H]C([2H])([2H])c1ccc2c(n1)oc1c(-c3ccc4c(C([2H])([2H])C(C)(C)C)c(C)sc4n3)cccc12. The van der Waals surface area contributed by atoms with E-state index >= 15 is 0 Å². The van der Waals surface area contributed by atoms with Crippen LogP contribution in [0.25, 0.3) is 43.5 Å². The molecule has 0 N–H and O–H groups in total. The summed E-state index contributed by atoms with van der Waals surface area (Å²) in [5, 5.41) is 2.41. The van der Waals surface area contributed by atoms with E-state index in [1.165, 1.54) is 17.4 Å². The molecule has 5 rings (SSSR count). The van der Waals surface area contributed by atoms with Gasteiger partial charge < -0.3 is 4.42 Å². The highest BCUT2D eigenvalue weighted by Crippen LogP contribution is 2.38. The molecule has 4 heterocycles. The van der Waals surface area contributed by atoms with Gasteiger partial charge in [0.25, 0.3) is 0 Å². The van der Waals surface area contributed by atoms with Gasteiger partial charge in [-0.15, -0.1) is 11.3 Å². The lowest BCUT2D eigenvalue weighted by Gasteiger charge is -2.18. The third-order valence-electron chi connectivity index (χ3n) is 4.87. The molecule has 0 fully saturated rings. The van der Waals surface area contributed by atoms with Gasteiger partial charge in [0.1, 0.15) is 10.4 Å². The number of rotatable bonds is 2. The summed E-state index contributed by atoms with van der Waals surface area (Å²) in [5.41, 5.74) is 2.49. The van der Waals surface area contributed by atoms with Gasteiger partial charge in [-0.2, -0.15) is 0 Å². The maximum Gasteiger partial charge on any atom is 0.227 e. The summed E-state index contributed by atoms with van der Waals surface area (Å²) >= 11 is 1.49. The fourth-order valence-corrected chi connectivity index (χ4v) is 4.63. The summed E-state index contributed by atoms with van der Waals surface area (Å²) in [4.78, 5) is 10.8. The van der Waals surface area contributed by atoms with Crippen LogP contribution in [-0.4, -0.2) is 9.97 Å². The molecule has 0 aliphatic carbocycles. The van der Waals surface area contributed by atoms with Crippen molar-refractivity contribution in [1.29, 1.82) is 0 Å². The zero-order valence-electron chi connectivity index (χ0n) is 21.8. The van der Waals surface area contributed by atoms with Crippen molar-refractivity contribution in [2.45, 2.75) is 40.9 Å². The Hall–Kier alpha value is -2.72. The quantitative estimate of drug-likeness (QED) is 0.306. The van der Waals surface area contributed by atoms with Gasteiger partial charge in [0.05, 0.1) is 5.69 Å². The fourth-order valence-electron chi connectivity index (χ4n) is 3.66. The number of hydrogen-bond acceptors (Lipinski definition) is 4. The normalized spacial score (nSPS) is 15.9. The smallest absolute Gasteiger partial charge is 0.227 e. The second-order valence-electron chi connectivity index (χ2n) is 8.29.